The Morgan fingerprint density at radius 2 is 2.10 bits per heavy atom. The number of pyridine rings is 1. The molecular formula is C16H15N3O2. The highest BCUT2D eigenvalue weighted by molar-refractivity contribution is 6.01. The maximum atomic E-state index is 12.2. The first-order valence-electron chi connectivity index (χ1n) is 6.70. The molecule has 106 valence electrons. The van der Waals surface area contributed by atoms with E-state index in [4.69, 9.17) is 4.52 Å². The maximum Gasteiger partial charge on any atom is 0.229 e. The Bertz CT molecular complexity index is 783. The van der Waals surface area contributed by atoms with Gasteiger partial charge >= 0.3 is 0 Å². The van der Waals surface area contributed by atoms with Gasteiger partial charge in [-0.2, -0.15) is 0 Å². The molecule has 0 aliphatic heterocycles. The molecule has 0 bridgehead atoms. The Labute approximate surface area is 122 Å². The monoisotopic (exact) mass is 281 g/mol. The Kier molecular flexibility index (Phi) is 3.39. The van der Waals surface area contributed by atoms with E-state index in [0.717, 1.165) is 27.8 Å². The fourth-order valence-electron chi connectivity index (χ4n) is 2.32. The summed E-state index contributed by atoms with van der Waals surface area (Å²) >= 11 is 0. The van der Waals surface area contributed by atoms with Gasteiger partial charge in [-0.15, -0.1) is 0 Å². The Balaban J connectivity index is 1.84. The fourth-order valence-corrected chi connectivity index (χ4v) is 2.32. The van der Waals surface area contributed by atoms with Gasteiger partial charge in [0.1, 0.15) is 5.76 Å². The highest BCUT2D eigenvalue weighted by atomic mass is 16.5. The molecule has 5 nitrogen and oxygen atoms in total. The Morgan fingerprint density at radius 1 is 1.24 bits per heavy atom. The van der Waals surface area contributed by atoms with Crippen LogP contribution in [0.1, 0.15) is 17.0 Å². The lowest BCUT2D eigenvalue weighted by Gasteiger charge is -2.08. The SMILES string of the molecule is Cc1noc(C)c1CC(=O)Nc1cccc2ncccc12. The molecule has 1 amide bonds. The van der Waals surface area contributed by atoms with Crippen molar-refractivity contribution in [1.29, 1.82) is 0 Å². The summed E-state index contributed by atoms with van der Waals surface area (Å²) in [6.07, 6.45) is 1.98. The average molecular weight is 281 g/mol. The third kappa shape index (κ3) is 2.63. The van der Waals surface area contributed by atoms with E-state index in [0.29, 0.717) is 5.76 Å². The van der Waals surface area contributed by atoms with Crippen LogP contribution in [-0.4, -0.2) is 16.0 Å². The number of aromatic nitrogens is 2. The molecule has 0 unspecified atom stereocenters. The lowest BCUT2D eigenvalue weighted by molar-refractivity contribution is -0.115. The lowest BCUT2D eigenvalue weighted by atomic mass is 10.1. The third-order valence-electron chi connectivity index (χ3n) is 3.44. The molecule has 2 heterocycles. The summed E-state index contributed by atoms with van der Waals surface area (Å²) in [6, 6.07) is 9.45. The summed E-state index contributed by atoms with van der Waals surface area (Å²) in [4.78, 5) is 16.5. The van der Waals surface area contributed by atoms with Gasteiger partial charge < -0.3 is 9.84 Å². The van der Waals surface area contributed by atoms with Gasteiger partial charge in [-0.3, -0.25) is 9.78 Å². The molecule has 1 N–H and O–H groups in total. The van der Waals surface area contributed by atoms with Gasteiger partial charge in [0.2, 0.25) is 5.91 Å². The van der Waals surface area contributed by atoms with Crippen LogP contribution in [0.3, 0.4) is 0 Å². The Morgan fingerprint density at radius 3 is 2.86 bits per heavy atom. The van der Waals surface area contributed by atoms with E-state index < -0.39 is 0 Å². The molecule has 0 saturated carbocycles. The van der Waals surface area contributed by atoms with E-state index >= 15 is 0 Å². The van der Waals surface area contributed by atoms with Gasteiger partial charge in [0.15, 0.2) is 0 Å². The predicted molar refractivity (Wildman–Crippen MR) is 80.1 cm³/mol. The number of fused-ring (bicyclic) bond motifs is 1. The van der Waals surface area contributed by atoms with Crippen molar-refractivity contribution in [3.8, 4) is 0 Å². The van der Waals surface area contributed by atoms with Gasteiger partial charge in [-0.05, 0) is 38.1 Å². The molecular weight excluding hydrogens is 266 g/mol. The first-order valence-corrected chi connectivity index (χ1v) is 6.70. The number of amides is 1. The minimum atomic E-state index is -0.0965. The molecule has 0 fully saturated rings. The summed E-state index contributed by atoms with van der Waals surface area (Å²) in [7, 11) is 0. The van der Waals surface area contributed by atoms with Crippen molar-refractivity contribution in [3.05, 3.63) is 53.5 Å². The van der Waals surface area contributed by atoms with E-state index in [-0.39, 0.29) is 12.3 Å². The molecule has 3 rings (SSSR count). The second-order valence-electron chi connectivity index (χ2n) is 4.90. The highest BCUT2D eigenvalue weighted by Gasteiger charge is 2.14. The minimum absolute atomic E-state index is 0.0965. The van der Waals surface area contributed by atoms with Crippen LogP contribution in [0, 0.1) is 13.8 Å². The highest BCUT2D eigenvalue weighted by Crippen LogP contribution is 2.22. The molecule has 21 heavy (non-hydrogen) atoms. The number of hydrogen-bond acceptors (Lipinski definition) is 4. The van der Waals surface area contributed by atoms with Crippen LogP contribution in [0.15, 0.2) is 41.1 Å². The van der Waals surface area contributed by atoms with Crippen molar-refractivity contribution in [3.63, 3.8) is 0 Å². The molecule has 1 aromatic carbocycles. The average Bonchev–Trinajstić information content (AvgIpc) is 2.79. The van der Waals surface area contributed by atoms with Crippen molar-refractivity contribution < 1.29 is 9.32 Å². The molecule has 0 saturated heterocycles. The van der Waals surface area contributed by atoms with E-state index in [9.17, 15) is 4.79 Å². The van der Waals surface area contributed by atoms with Crippen LogP contribution in [0.2, 0.25) is 0 Å². The normalized spacial score (nSPS) is 10.8. The van der Waals surface area contributed by atoms with Crippen LogP contribution in [-0.2, 0) is 11.2 Å². The van der Waals surface area contributed by atoms with Gasteiger partial charge in [0, 0.05) is 17.1 Å². The zero-order chi connectivity index (χ0) is 14.8. The second kappa shape index (κ2) is 5.36. The smallest absolute Gasteiger partial charge is 0.229 e. The van der Waals surface area contributed by atoms with Gasteiger partial charge in [-0.1, -0.05) is 11.2 Å². The summed E-state index contributed by atoms with van der Waals surface area (Å²) in [5, 5.41) is 7.71. The van der Waals surface area contributed by atoms with E-state index in [1.807, 2.05) is 44.2 Å². The van der Waals surface area contributed by atoms with Gasteiger partial charge in [0.25, 0.3) is 0 Å². The second-order valence-corrected chi connectivity index (χ2v) is 4.90. The van der Waals surface area contributed by atoms with Crippen LogP contribution >= 0.6 is 0 Å². The summed E-state index contributed by atoms with van der Waals surface area (Å²) in [5.41, 5.74) is 3.21. The number of anilines is 1. The molecule has 5 heteroatoms. The van der Waals surface area contributed by atoms with Crippen molar-refractivity contribution in [2.24, 2.45) is 0 Å². The van der Waals surface area contributed by atoms with E-state index in [2.05, 4.69) is 15.5 Å². The van der Waals surface area contributed by atoms with Crippen LogP contribution in [0.4, 0.5) is 5.69 Å². The number of hydrogen-bond donors (Lipinski definition) is 1. The van der Waals surface area contributed by atoms with Crippen molar-refractivity contribution in [2.45, 2.75) is 20.3 Å². The van der Waals surface area contributed by atoms with Crippen molar-refractivity contribution >= 4 is 22.5 Å². The Hall–Kier alpha value is -2.69. The lowest BCUT2D eigenvalue weighted by Crippen LogP contribution is -2.15. The van der Waals surface area contributed by atoms with E-state index in [1.165, 1.54) is 0 Å². The number of benzene rings is 1. The molecule has 0 spiro atoms. The fraction of sp³-hybridized carbons (Fsp3) is 0.188. The maximum absolute atomic E-state index is 12.2. The summed E-state index contributed by atoms with van der Waals surface area (Å²) < 4.78 is 5.08. The standard InChI is InChI=1S/C16H15N3O2/c1-10-13(11(2)21-19-10)9-16(20)18-15-7-3-6-14-12(15)5-4-8-17-14/h3-8H,9H2,1-2H3,(H,18,20). The van der Waals surface area contributed by atoms with Crippen LogP contribution in [0.25, 0.3) is 10.9 Å². The number of carbonyl (C=O) groups is 1. The number of nitrogens with zero attached hydrogens (tertiary/aromatic N) is 2. The van der Waals surface area contributed by atoms with Crippen molar-refractivity contribution in [1.82, 2.24) is 10.1 Å². The molecule has 3 aromatic rings. The first kappa shape index (κ1) is 13.3. The van der Waals surface area contributed by atoms with Crippen LogP contribution < -0.4 is 5.32 Å². The largest absolute Gasteiger partial charge is 0.361 e. The molecule has 0 aliphatic carbocycles. The number of nitrogens with one attached hydrogen (secondary N) is 1. The van der Waals surface area contributed by atoms with Gasteiger partial charge in [-0.25, -0.2) is 0 Å². The molecule has 0 aliphatic rings. The minimum Gasteiger partial charge on any atom is -0.361 e. The molecule has 0 radical (unpaired) electrons. The zero-order valence-corrected chi connectivity index (χ0v) is 11.9. The van der Waals surface area contributed by atoms with Crippen LogP contribution in [0.5, 0.6) is 0 Å². The molecule has 2 aromatic heterocycles. The third-order valence-corrected chi connectivity index (χ3v) is 3.44. The molecule has 0 atom stereocenters. The zero-order valence-electron chi connectivity index (χ0n) is 11.9. The number of aryl methyl sites for hydroxylation is 2. The topological polar surface area (TPSA) is 68.0 Å². The number of carbonyl (C=O) groups excluding carboxylic acids is 1. The predicted octanol–water partition coefficient (Wildman–Crippen LogP) is 3.02. The van der Waals surface area contributed by atoms with E-state index in [1.54, 1.807) is 6.20 Å². The first-order chi connectivity index (χ1) is 10.1. The summed E-state index contributed by atoms with van der Waals surface area (Å²) in [5.74, 6) is 0.586. The number of rotatable bonds is 3. The quantitative estimate of drug-likeness (QED) is 0.801. The van der Waals surface area contributed by atoms with Gasteiger partial charge in [0.05, 0.1) is 23.3 Å². The summed E-state index contributed by atoms with van der Waals surface area (Å²) in [6.45, 7) is 3.64. The van der Waals surface area contributed by atoms with Crippen molar-refractivity contribution in [2.75, 3.05) is 5.32 Å².